The minimum Gasteiger partial charge on any atom is -0.497 e. The normalized spacial score (nSPS) is 15.2. The third kappa shape index (κ3) is 4.17. The number of hydrogen-bond acceptors (Lipinski definition) is 7. The summed E-state index contributed by atoms with van der Waals surface area (Å²) in [6, 6.07) is 13.3. The van der Waals surface area contributed by atoms with Crippen LogP contribution in [-0.4, -0.2) is 37.1 Å². The van der Waals surface area contributed by atoms with Gasteiger partial charge in [0.25, 0.3) is 0 Å². The number of Topliss-reactive ketones (excluding diaryl/α,β-unsaturated/α-hetero) is 1. The average Bonchev–Trinajstić information content (AvgIpc) is 2.78. The van der Waals surface area contributed by atoms with Gasteiger partial charge in [0.15, 0.2) is 17.3 Å². The van der Waals surface area contributed by atoms with E-state index in [4.69, 9.17) is 14.2 Å². The minimum atomic E-state index is 0.0166. The van der Waals surface area contributed by atoms with Crippen LogP contribution in [0.3, 0.4) is 0 Å². The lowest BCUT2D eigenvalue weighted by Gasteiger charge is -2.25. The highest BCUT2D eigenvalue weighted by molar-refractivity contribution is 5.99. The fourth-order valence-corrected chi connectivity index (χ4v) is 3.98. The Morgan fingerprint density at radius 3 is 2.32 bits per heavy atom. The summed E-state index contributed by atoms with van der Waals surface area (Å²) in [6.45, 7) is 1.86. The zero-order valence-electron chi connectivity index (χ0n) is 18.1. The summed E-state index contributed by atoms with van der Waals surface area (Å²) in [5, 5.41) is 3.22. The van der Waals surface area contributed by atoms with Crippen LogP contribution in [0.5, 0.6) is 17.2 Å². The Morgan fingerprint density at radius 2 is 1.65 bits per heavy atom. The number of methoxy groups -OCH3 is 3. The molecule has 0 radical (unpaired) electrons. The number of carbonyl (C=O) groups excluding carboxylic acids is 1. The van der Waals surface area contributed by atoms with E-state index in [1.165, 1.54) is 0 Å². The molecule has 0 saturated heterocycles. The van der Waals surface area contributed by atoms with Gasteiger partial charge >= 0.3 is 0 Å². The third-order valence-corrected chi connectivity index (χ3v) is 5.54. The molecule has 0 aliphatic heterocycles. The summed E-state index contributed by atoms with van der Waals surface area (Å²) >= 11 is 0. The highest BCUT2D eigenvalue weighted by Gasteiger charge is 2.30. The molecule has 1 aromatic heterocycles. The molecule has 0 bridgehead atoms. The number of fused-ring (bicyclic) bond motifs is 1. The standard InChI is InChI=1S/C24H25N3O4/c1-14-23-19(27-24(25-14)26-17-6-8-18(29-2)9-7-17)11-16(12-20(23)28)15-5-10-21(30-3)22(13-15)31-4/h5-10,13,16H,11-12H2,1-4H3,(H,25,26,27)/t16-/m1/s1. The molecule has 1 aliphatic rings. The van der Waals surface area contributed by atoms with E-state index in [1.54, 1.807) is 21.3 Å². The summed E-state index contributed by atoms with van der Waals surface area (Å²) < 4.78 is 16.0. The van der Waals surface area contributed by atoms with E-state index in [9.17, 15) is 4.79 Å². The predicted octanol–water partition coefficient (Wildman–Crippen LogP) is 4.47. The predicted molar refractivity (Wildman–Crippen MR) is 118 cm³/mol. The second kappa shape index (κ2) is 8.63. The highest BCUT2D eigenvalue weighted by Crippen LogP contribution is 2.37. The molecule has 0 amide bonds. The SMILES string of the molecule is COc1ccc(Nc2nc(C)c3c(n2)C[C@@H](c2ccc(OC)c(OC)c2)CC3=O)cc1. The summed E-state index contributed by atoms with van der Waals surface area (Å²) in [4.78, 5) is 22.1. The Labute approximate surface area is 181 Å². The van der Waals surface area contributed by atoms with E-state index in [-0.39, 0.29) is 11.7 Å². The maximum atomic E-state index is 12.9. The number of rotatable bonds is 6. The number of benzene rings is 2. The number of carbonyl (C=O) groups is 1. The average molecular weight is 419 g/mol. The molecule has 0 saturated carbocycles. The molecule has 0 spiro atoms. The van der Waals surface area contributed by atoms with Crippen LogP contribution >= 0.6 is 0 Å². The Bertz CT molecular complexity index is 1110. The van der Waals surface area contributed by atoms with Crippen LogP contribution < -0.4 is 19.5 Å². The highest BCUT2D eigenvalue weighted by atomic mass is 16.5. The molecule has 0 fully saturated rings. The van der Waals surface area contributed by atoms with Crippen LogP contribution in [0, 0.1) is 6.92 Å². The topological polar surface area (TPSA) is 82.6 Å². The van der Waals surface area contributed by atoms with Crippen molar-refractivity contribution in [3.05, 3.63) is 65.0 Å². The number of nitrogens with one attached hydrogen (secondary N) is 1. The van der Waals surface area contributed by atoms with Gasteiger partial charge in [0.2, 0.25) is 5.95 Å². The number of aromatic nitrogens is 2. The van der Waals surface area contributed by atoms with Crippen molar-refractivity contribution in [1.29, 1.82) is 0 Å². The van der Waals surface area contributed by atoms with Crippen molar-refractivity contribution in [3.8, 4) is 17.2 Å². The van der Waals surface area contributed by atoms with Gasteiger partial charge in [-0.3, -0.25) is 4.79 Å². The van der Waals surface area contributed by atoms with Crippen LogP contribution in [0.1, 0.15) is 39.6 Å². The first-order chi connectivity index (χ1) is 15.0. The maximum absolute atomic E-state index is 12.9. The Morgan fingerprint density at radius 1 is 0.903 bits per heavy atom. The Hall–Kier alpha value is -3.61. The monoisotopic (exact) mass is 419 g/mol. The first-order valence-electron chi connectivity index (χ1n) is 10.1. The molecule has 160 valence electrons. The quantitative estimate of drug-likeness (QED) is 0.631. The lowest BCUT2D eigenvalue weighted by atomic mass is 9.81. The van der Waals surface area contributed by atoms with Gasteiger partial charge in [-0.05, 0) is 61.2 Å². The van der Waals surface area contributed by atoms with Gasteiger partial charge in [-0.15, -0.1) is 0 Å². The third-order valence-electron chi connectivity index (χ3n) is 5.54. The Balaban J connectivity index is 1.63. The first kappa shape index (κ1) is 20.7. The smallest absolute Gasteiger partial charge is 0.227 e. The van der Waals surface area contributed by atoms with Crippen molar-refractivity contribution in [2.45, 2.75) is 25.7 Å². The zero-order chi connectivity index (χ0) is 22.0. The van der Waals surface area contributed by atoms with Crippen molar-refractivity contribution in [2.75, 3.05) is 26.6 Å². The molecule has 7 nitrogen and oxygen atoms in total. The van der Waals surface area contributed by atoms with Gasteiger partial charge in [-0.25, -0.2) is 9.97 Å². The second-order valence-corrected chi connectivity index (χ2v) is 7.45. The van der Waals surface area contributed by atoms with E-state index in [1.807, 2.05) is 49.4 Å². The molecule has 4 rings (SSSR count). The molecule has 3 aromatic rings. The number of anilines is 2. The van der Waals surface area contributed by atoms with Gasteiger partial charge in [0.05, 0.1) is 38.3 Å². The van der Waals surface area contributed by atoms with E-state index in [0.717, 1.165) is 22.7 Å². The Kier molecular flexibility index (Phi) is 5.75. The summed E-state index contributed by atoms with van der Waals surface area (Å²) in [6.07, 6.45) is 1.06. The van der Waals surface area contributed by atoms with E-state index in [0.29, 0.717) is 41.5 Å². The first-order valence-corrected chi connectivity index (χ1v) is 10.1. The zero-order valence-corrected chi connectivity index (χ0v) is 18.1. The molecule has 7 heteroatoms. The van der Waals surface area contributed by atoms with Crippen LogP contribution in [0.25, 0.3) is 0 Å². The van der Waals surface area contributed by atoms with E-state index >= 15 is 0 Å². The molecule has 1 atom stereocenters. The van der Waals surface area contributed by atoms with E-state index < -0.39 is 0 Å². The second-order valence-electron chi connectivity index (χ2n) is 7.45. The van der Waals surface area contributed by atoms with Crippen molar-refractivity contribution in [1.82, 2.24) is 9.97 Å². The number of ketones is 1. The number of nitrogens with zero attached hydrogens (tertiary/aromatic N) is 2. The molecule has 1 N–H and O–H groups in total. The van der Waals surface area contributed by atoms with Gasteiger partial charge in [0.1, 0.15) is 5.75 Å². The number of aryl methyl sites for hydroxylation is 1. The fraction of sp³-hybridized carbons (Fsp3) is 0.292. The van der Waals surface area contributed by atoms with Crippen molar-refractivity contribution in [3.63, 3.8) is 0 Å². The maximum Gasteiger partial charge on any atom is 0.227 e. The molecular weight excluding hydrogens is 394 g/mol. The van der Waals surface area contributed by atoms with Crippen LogP contribution in [-0.2, 0) is 6.42 Å². The lowest BCUT2D eigenvalue weighted by molar-refractivity contribution is 0.0962. The molecule has 1 heterocycles. The van der Waals surface area contributed by atoms with Crippen molar-refractivity contribution in [2.24, 2.45) is 0 Å². The van der Waals surface area contributed by atoms with Crippen molar-refractivity contribution < 1.29 is 19.0 Å². The lowest BCUT2D eigenvalue weighted by Crippen LogP contribution is -2.23. The molecule has 31 heavy (non-hydrogen) atoms. The summed E-state index contributed by atoms with van der Waals surface area (Å²) in [7, 11) is 4.84. The van der Waals surface area contributed by atoms with Gasteiger partial charge in [0, 0.05) is 12.1 Å². The molecule has 0 unspecified atom stereocenters. The van der Waals surface area contributed by atoms with E-state index in [2.05, 4.69) is 15.3 Å². The van der Waals surface area contributed by atoms with Gasteiger partial charge in [-0.2, -0.15) is 0 Å². The number of hydrogen-bond donors (Lipinski definition) is 1. The minimum absolute atomic E-state index is 0.0166. The molecule has 2 aromatic carbocycles. The van der Waals surface area contributed by atoms with Gasteiger partial charge in [-0.1, -0.05) is 6.07 Å². The molecular formula is C24H25N3O4. The fourth-order valence-electron chi connectivity index (χ4n) is 3.98. The van der Waals surface area contributed by atoms with Crippen LogP contribution in [0.4, 0.5) is 11.6 Å². The van der Waals surface area contributed by atoms with Gasteiger partial charge < -0.3 is 19.5 Å². The summed E-state index contributed by atoms with van der Waals surface area (Å²) in [5.41, 5.74) is 3.96. The number of ether oxygens (including phenoxy) is 3. The largest absolute Gasteiger partial charge is 0.497 e. The summed E-state index contributed by atoms with van der Waals surface area (Å²) in [5.74, 6) is 2.65. The van der Waals surface area contributed by atoms with Crippen LogP contribution in [0.2, 0.25) is 0 Å². The molecule has 1 aliphatic carbocycles. The van der Waals surface area contributed by atoms with Crippen molar-refractivity contribution >= 4 is 17.4 Å². The van der Waals surface area contributed by atoms with Crippen LogP contribution in [0.15, 0.2) is 42.5 Å².